The molecule has 1 saturated heterocycles. The molecule has 5 nitrogen and oxygen atoms in total. The van der Waals surface area contributed by atoms with Gasteiger partial charge in [-0.1, -0.05) is 5.92 Å². The van der Waals surface area contributed by atoms with Crippen molar-refractivity contribution in [2.75, 3.05) is 24.7 Å². The van der Waals surface area contributed by atoms with Crippen molar-refractivity contribution in [2.24, 2.45) is 0 Å². The molecule has 1 rings (SSSR count). The Morgan fingerprint density at radius 2 is 2.31 bits per heavy atom. The fourth-order valence-electron chi connectivity index (χ4n) is 1.46. The molecule has 1 fully saturated rings. The van der Waals surface area contributed by atoms with E-state index in [1.54, 1.807) is 0 Å². The average Bonchev–Trinajstić information content (AvgIpc) is 2.66. The normalized spacial score (nSPS) is 20.3. The van der Waals surface area contributed by atoms with Gasteiger partial charge in [-0.05, 0) is 12.8 Å². The number of amides is 1. The van der Waals surface area contributed by atoms with Gasteiger partial charge in [-0.3, -0.25) is 4.79 Å². The predicted molar refractivity (Wildman–Crippen MR) is 59.5 cm³/mol. The number of terminal acetylenes is 1. The molecule has 1 amide bonds. The molecule has 1 unspecified atom stereocenters. The largest absolute Gasteiger partial charge is 0.376 e. The molecule has 90 valence electrons. The van der Waals surface area contributed by atoms with Crippen molar-refractivity contribution in [1.82, 2.24) is 5.32 Å². The van der Waals surface area contributed by atoms with Crippen LogP contribution in [0.15, 0.2) is 0 Å². The standard InChI is InChI=1S/C10H15NO4S/c1-2-6-16(13,14)8-10(12)11-7-9-4-3-5-15-9/h1,9H,3-8H2,(H,11,12). The van der Waals surface area contributed by atoms with Crippen LogP contribution in [0.25, 0.3) is 0 Å². The maximum absolute atomic E-state index is 11.3. The lowest BCUT2D eigenvalue weighted by molar-refractivity contribution is -0.119. The molecule has 6 heteroatoms. The van der Waals surface area contributed by atoms with Crippen LogP contribution in [-0.4, -0.2) is 45.1 Å². The summed E-state index contributed by atoms with van der Waals surface area (Å²) in [6.45, 7) is 1.07. The van der Waals surface area contributed by atoms with Gasteiger partial charge in [0.1, 0.15) is 11.5 Å². The van der Waals surface area contributed by atoms with Crippen molar-refractivity contribution in [3.8, 4) is 12.3 Å². The van der Waals surface area contributed by atoms with Crippen LogP contribution in [0.2, 0.25) is 0 Å². The summed E-state index contributed by atoms with van der Waals surface area (Å²) in [4.78, 5) is 11.3. The van der Waals surface area contributed by atoms with Crippen LogP contribution in [0.1, 0.15) is 12.8 Å². The third-order valence-corrected chi connectivity index (χ3v) is 3.51. The highest BCUT2D eigenvalue weighted by Gasteiger charge is 2.19. The molecule has 0 saturated carbocycles. The topological polar surface area (TPSA) is 72.5 Å². The summed E-state index contributed by atoms with van der Waals surface area (Å²) in [5, 5.41) is 2.53. The van der Waals surface area contributed by atoms with E-state index in [0.29, 0.717) is 13.2 Å². The molecule has 1 aliphatic rings. The number of hydrogen-bond donors (Lipinski definition) is 1. The Morgan fingerprint density at radius 3 is 2.88 bits per heavy atom. The van der Waals surface area contributed by atoms with Gasteiger partial charge in [-0.15, -0.1) is 6.42 Å². The van der Waals surface area contributed by atoms with Crippen LogP contribution in [0.3, 0.4) is 0 Å². The molecule has 0 bridgehead atoms. The van der Waals surface area contributed by atoms with Gasteiger partial charge >= 0.3 is 0 Å². The summed E-state index contributed by atoms with van der Waals surface area (Å²) in [6, 6.07) is 0. The number of nitrogens with one attached hydrogen (secondary N) is 1. The minimum atomic E-state index is -3.47. The number of hydrogen-bond acceptors (Lipinski definition) is 4. The van der Waals surface area contributed by atoms with Crippen LogP contribution in [0.4, 0.5) is 0 Å². The van der Waals surface area contributed by atoms with E-state index in [9.17, 15) is 13.2 Å². The molecular formula is C10H15NO4S. The lowest BCUT2D eigenvalue weighted by Crippen LogP contribution is -2.36. The molecule has 0 aliphatic carbocycles. The molecule has 1 N–H and O–H groups in total. The fourth-order valence-corrected chi connectivity index (χ4v) is 2.32. The summed E-state index contributed by atoms with van der Waals surface area (Å²) < 4.78 is 27.7. The van der Waals surface area contributed by atoms with E-state index in [-0.39, 0.29) is 6.10 Å². The van der Waals surface area contributed by atoms with Crippen molar-refractivity contribution in [1.29, 1.82) is 0 Å². The Balaban J connectivity index is 2.28. The molecule has 0 radical (unpaired) electrons. The second kappa shape index (κ2) is 5.87. The number of carbonyl (C=O) groups is 1. The van der Waals surface area contributed by atoms with Gasteiger partial charge in [0.2, 0.25) is 5.91 Å². The van der Waals surface area contributed by atoms with Crippen LogP contribution >= 0.6 is 0 Å². The van der Waals surface area contributed by atoms with Crippen molar-refractivity contribution >= 4 is 15.7 Å². The molecule has 1 atom stereocenters. The van der Waals surface area contributed by atoms with Gasteiger partial charge in [0.25, 0.3) is 0 Å². The van der Waals surface area contributed by atoms with E-state index >= 15 is 0 Å². The zero-order valence-electron chi connectivity index (χ0n) is 8.94. The van der Waals surface area contributed by atoms with Crippen LogP contribution < -0.4 is 5.32 Å². The number of rotatable bonds is 5. The fraction of sp³-hybridized carbons (Fsp3) is 0.700. The molecule has 0 aromatic heterocycles. The highest BCUT2D eigenvalue weighted by Crippen LogP contribution is 2.10. The molecular weight excluding hydrogens is 230 g/mol. The molecule has 1 heterocycles. The molecule has 0 aromatic carbocycles. The van der Waals surface area contributed by atoms with Crippen molar-refractivity contribution in [3.05, 3.63) is 0 Å². The summed E-state index contributed by atoms with van der Waals surface area (Å²) in [6.07, 6.45) is 6.78. The minimum absolute atomic E-state index is 0.0132. The average molecular weight is 245 g/mol. The van der Waals surface area contributed by atoms with E-state index < -0.39 is 27.3 Å². The summed E-state index contributed by atoms with van der Waals surface area (Å²) >= 11 is 0. The first-order valence-corrected chi connectivity index (χ1v) is 6.88. The van der Waals surface area contributed by atoms with E-state index in [4.69, 9.17) is 11.2 Å². The van der Waals surface area contributed by atoms with E-state index in [2.05, 4.69) is 5.32 Å². The molecule has 0 aromatic rings. The van der Waals surface area contributed by atoms with Gasteiger partial charge in [-0.25, -0.2) is 8.42 Å². The van der Waals surface area contributed by atoms with E-state index in [1.165, 1.54) is 0 Å². The lowest BCUT2D eigenvalue weighted by atomic mass is 10.2. The van der Waals surface area contributed by atoms with Gasteiger partial charge in [-0.2, -0.15) is 0 Å². The number of ether oxygens (including phenoxy) is 1. The van der Waals surface area contributed by atoms with E-state index in [0.717, 1.165) is 12.8 Å². The van der Waals surface area contributed by atoms with Crippen LogP contribution in [0, 0.1) is 12.3 Å². The first-order chi connectivity index (χ1) is 7.53. The first-order valence-electron chi connectivity index (χ1n) is 5.06. The molecule has 0 spiro atoms. The maximum Gasteiger partial charge on any atom is 0.235 e. The second-order valence-corrected chi connectivity index (χ2v) is 5.74. The van der Waals surface area contributed by atoms with Crippen LogP contribution in [0.5, 0.6) is 0 Å². The lowest BCUT2D eigenvalue weighted by Gasteiger charge is -2.10. The van der Waals surface area contributed by atoms with Crippen LogP contribution in [-0.2, 0) is 19.4 Å². The Hall–Kier alpha value is -1.06. The monoisotopic (exact) mass is 245 g/mol. The van der Waals surface area contributed by atoms with Gasteiger partial charge in [0, 0.05) is 13.2 Å². The highest BCUT2D eigenvalue weighted by molar-refractivity contribution is 7.92. The van der Waals surface area contributed by atoms with E-state index in [1.807, 2.05) is 5.92 Å². The number of carbonyl (C=O) groups excluding carboxylic acids is 1. The first kappa shape index (κ1) is 13.0. The Kier molecular flexibility index (Phi) is 4.77. The third-order valence-electron chi connectivity index (χ3n) is 2.21. The predicted octanol–water partition coefficient (Wildman–Crippen LogP) is -0.670. The van der Waals surface area contributed by atoms with Crippen molar-refractivity contribution in [2.45, 2.75) is 18.9 Å². The summed E-state index contributed by atoms with van der Waals surface area (Å²) in [5.74, 6) is 0.541. The Labute approximate surface area is 95.5 Å². The zero-order chi connectivity index (χ0) is 12.0. The Bertz CT molecular complexity index is 376. The number of sulfone groups is 1. The summed E-state index contributed by atoms with van der Waals surface area (Å²) in [5.41, 5.74) is 0. The van der Waals surface area contributed by atoms with Crippen molar-refractivity contribution in [3.63, 3.8) is 0 Å². The van der Waals surface area contributed by atoms with Gasteiger partial charge in [0.15, 0.2) is 9.84 Å². The highest BCUT2D eigenvalue weighted by atomic mass is 32.2. The third kappa shape index (κ3) is 4.64. The summed E-state index contributed by atoms with van der Waals surface area (Å²) in [7, 11) is -3.47. The minimum Gasteiger partial charge on any atom is -0.376 e. The molecule has 1 aliphatic heterocycles. The Morgan fingerprint density at radius 1 is 1.56 bits per heavy atom. The van der Waals surface area contributed by atoms with Gasteiger partial charge < -0.3 is 10.1 Å². The quantitative estimate of drug-likeness (QED) is 0.652. The maximum atomic E-state index is 11.3. The van der Waals surface area contributed by atoms with Crippen molar-refractivity contribution < 1.29 is 17.9 Å². The SMILES string of the molecule is C#CCS(=O)(=O)CC(=O)NCC1CCCO1. The second-order valence-electron chi connectivity index (χ2n) is 3.68. The van der Waals surface area contributed by atoms with Gasteiger partial charge in [0.05, 0.1) is 6.10 Å². The zero-order valence-corrected chi connectivity index (χ0v) is 9.76. The smallest absolute Gasteiger partial charge is 0.235 e. The molecule has 16 heavy (non-hydrogen) atoms.